The van der Waals surface area contributed by atoms with Gasteiger partial charge in [0.15, 0.2) is 11.5 Å². The number of aryl methyl sites for hydroxylation is 1. The van der Waals surface area contributed by atoms with E-state index in [-0.39, 0.29) is 13.2 Å². The van der Waals surface area contributed by atoms with Crippen LogP contribution < -0.4 is 9.47 Å². The van der Waals surface area contributed by atoms with Crippen LogP contribution in [0.25, 0.3) is 0 Å². The number of carbonyl (C=O) groups is 1. The van der Waals surface area contributed by atoms with Crippen molar-refractivity contribution in [2.45, 2.75) is 13.3 Å². The molecule has 4 nitrogen and oxygen atoms in total. The van der Waals surface area contributed by atoms with Gasteiger partial charge in [0.05, 0.1) is 0 Å². The van der Waals surface area contributed by atoms with Crippen molar-refractivity contribution in [1.82, 2.24) is 0 Å². The predicted molar refractivity (Wildman–Crippen MR) is 51.6 cm³/mol. The van der Waals surface area contributed by atoms with Crippen LogP contribution in [0.2, 0.25) is 0 Å². The Morgan fingerprint density at radius 2 is 2.33 bits per heavy atom. The van der Waals surface area contributed by atoms with E-state index < -0.39 is 5.78 Å². The number of hydrogen-bond donors (Lipinski definition) is 0. The number of nitrogens with zero attached hydrogens (tertiary/aromatic N) is 1. The summed E-state index contributed by atoms with van der Waals surface area (Å²) in [6.45, 7) is 2.10. The number of rotatable bonds is 2. The highest BCUT2D eigenvalue weighted by atomic mass is 16.7. The molecule has 1 aliphatic heterocycles. The fourth-order valence-corrected chi connectivity index (χ4v) is 1.58. The maximum absolute atomic E-state index is 11.0. The lowest BCUT2D eigenvalue weighted by Gasteiger charge is -2.03. The van der Waals surface area contributed by atoms with Crippen molar-refractivity contribution in [2.24, 2.45) is 0 Å². The zero-order valence-corrected chi connectivity index (χ0v) is 8.24. The molecule has 4 heteroatoms. The first-order valence-corrected chi connectivity index (χ1v) is 4.53. The summed E-state index contributed by atoms with van der Waals surface area (Å²) >= 11 is 0. The third-order valence-corrected chi connectivity index (χ3v) is 2.21. The van der Waals surface area contributed by atoms with Gasteiger partial charge in [0.2, 0.25) is 12.6 Å². The number of fused-ring (bicyclic) bond motifs is 1. The van der Waals surface area contributed by atoms with Crippen LogP contribution in [0.3, 0.4) is 0 Å². The minimum Gasteiger partial charge on any atom is -0.454 e. The molecule has 1 aromatic rings. The zero-order chi connectivity index (χ0) is 10.8. The number of carbonyl (C=O) groups excluding carboxylic acids is 1. The molecule has 0 unspecified atom stereocenters. The third kappa shape index (κ3) is 1.77. The number of ketones is 1. The molecule has 15 heavy (non-hydrogen) atoms. The van der Waals surface area contributed by atoms with Crippen molar-refractivity contribution in [3.8, 4) is 17.6 Å². The average Bonchev–Trinajstić information content (AvgIpc) is 2.66. The topological polar surface area (TPSA) is 59.3 Å². The van der Waals surface area contributed by atoms with E-state index in [1.54, 1.807) is 12.1 Å². The van der Waals surface area contributed by atoms with Crippen molar-refractivity contribution in [3.05, 3.63) is 23.3 Å². The number of Topliss-reactive ketones (excluding diaryl/α,β-unsaturated/α-hetero) is 1. The predicted octanol–water partition coefficient (Wildman–Crippen LogP) is 1.36. The Bertz CT molecular complexity index is 460. The van der Waals surface area contributed by atoms with Gasteiger partial charge in [0, 0.05) is 6.42 Å². The highest BCUT2D eigenvalue weighted by molar-refractivity contribution is 5.94. The van der Waals surface area contributed by atoms with E-state index in [0.29, 0.717) is 5.75 Å². The molecule has 0 aromatic heterocycles. The number of nitriles is 1. The number of benzene rings is 1. The SMILES string of the molecule is Cc1cc(CC(=O)C#N)cc2c1OCO2. The molecule has 1 aromatic carbocycles. The van der Waals surface area contributed by atoms with Crippen LogP contribution in [-0.4, -0.2) is 12.6 Å². The van der Waals surface area contributed by atoms with E-state index >= 15 is 0 Å². The molecule has 0 atom stereocenters. The first-order valence-electron chi connectivity index (χ1n) is 4.53. The fraction of sp³-hybridized carbons (Fsp3) is 0.273. The van der Waals surface area contributed by atoms with E-state index in [1.807, 2.05) is 13.0 Å². The zero-order valence-electron chi connectivity index (χ0n) is 8.24. The molecule has 0 saturated heterocycles. The van der Waals surface area contributed by atoms with Gasteiger partial charge >= 0.3 is 0 Å². The van der Waals surface area contributed by atoms with Crippen LogP contribution in [0, 0.1) is 18.3 Å². The molecule has 0 radical (unpaired) electrons. The Hall–Kier alpha value is -2.02. The molecular formula is C11H9NO3. The van der Waals surface area contributed by atoms with Gasteiger partial charge in [0.1, 0.15) is 6.07 Å². The third-order valence-electron chi connectivity index (χ3n) is 2.21. The van der Waals surface area contributed by atoms with Crippen LogP contribution in [0.1, 0.15) is 11.1 Å². The maximum atomic E-state index is 11.0. The minimum atomic E-state index is -0.451. The van der Waals surface area contributed by atoms with Gasteiger partial charge in [-0.25, -0.2) is 0 Å². The quantitative estimate of drug-likeness (QED) is 0.681. The standard InChI is InChI=1S/C11H9NO3/c1-7-2-8(3-9(13)5-12)4-10-11(7)15-6-14-10/h2,4H,3,6H2,1H3. The fourth-order valence-electron chi connectivity index (χ4n) is 1.58. The van der Waals surface area contributed by atoms with E-state index in [1.165, 1.54) is 0 Å². The van der Waals surface area contributed by atoms with Crippen LogP contribution in [0.4, 0.5) is 0 Å². The molecule has 0 spiro atoms. The monoisotopic (exact) mass is 203 g/mol. The summed E-state index contributed by atoms with van der Waals surface area (Å²) in [5.74, 6) is 0.923. The van der Waals surface area contributed by atoms with Gasteiger partial charge in [-0.1, -0.05) is 6.07 Å². The Morgan fingerprint density at radius 3 is 3.07 bits per heavy atom. The summed E-state index contributed by atoms with van der Waals surface area (Å²) in [6, 6.07) is 5.17. The Kier molecular flexibility index (Phi) is 2.30. The lowest BCUT2D eigenvalue weighted by Crippen LogP contribution is -1.99. The van der Waals surface area contributed by atoms with Gasteiger partial charge < -0.3 is 9.47 Å². The molecule has 0 aliphatic carbocycles. The summed E-state index contributed by atoms with van der Waals surface area (Å²) in [5, 5.41) is 8.40. The second-order valence-corrected chi connectivity index (χ2v) is 3.36. The molecule has 0 saturated carbocycles. The Labute approximate surface area is 87.0 Å². The molecule has 1 heterocycles. The first kappa shape index (κ1) is 9.53. The lowest BCUT2D eigenvalue weighted by molar-refractivity contribution is -0.113. The summed E-state index contributed by atoms with van der Waals surface area (Å²) in [4.78, 5) is 11.0. The summed E-state index contributed by atoms with van der Waals surface area (Å²) in [6.07, 6.45) is 0.119. The van der Waals surface area contributed by atoms with Gasteiger partial charge in [0.25, 0.3) is 0 Å². The molecule has 0 fully saturated rings. The van der Waals surface area contributed by atoms with Crippen LogP contribution in [0.15, 0.2) is 12.1 Å². The van der Waals surface area contributed by atoms with E-state index in [4.69, 9.17) is 14.7 Å². The molecular weight excluding hydrogens is 194 g/mol. The van der Waals surface area contributed by atoms with E-state index in [0.717, 1.165) is 16.9 Å². The Morgan fingerprint density at radius 1 is 1.53 bits per heavy atom. The highest BCUT2D eigenvalue weighted by Crippen LogP contribution is 2.36. The van der Waals surface area contributed by atoms with Gasteiger partial charge in [-0.15, -0.1) is 0 Å². The van der Waals surface area contributed by atoms with Crippen LogP contribution in [0.5, 0.6) is 11.5 Å². The van der Waals surface area contributed by atoms with Crippen molar-refractivity contribution in [2.75, 3.05) is 6.79 Å². The summed E-state index contributed by atoms with van der Waals surface area (Å²) < 4.78 is 10.5. The largest absolute Gasteiger partial charge is 0.454 e. The van der Waals surface area contributed by atoms with Crippen molar-refractivity contribution >= 4 is 5.78 Å². The lowest BCUT2D eigenvalue weighted by atomic mass is 10.1. The molecule has 0 bridgehead atoms. The molecule has 0 amide bonds. The smallest absolute Gasteiger partial charge is 0.236 e. The average molecular weight is 203 g/mol. The van der Waals surface area contributed by atoms with Crippen LogP contribution >= 0.6 is 0 Å². The molecule has 1 aliphatic rings. The first-order chi connectivity index (χ1) is 7.20. The Balaban J connectivity index is 2.32. The van der Waals surface area contributed by atoms with Crippen LogP contribution in [-0.2, 0) is 11.2 Å². The summed E-state index contributed by atoms with van der Waals surface area (Å²) in [5.41, 5.74) is 1.70. The number of ether oxygens (including phenoxy) is 2. The highest BCUT2D eigenvalue weighted by Gasteiger charge is 2.17. The maximum Gasteiger partial charge on any atom is 0.236 e. The second kappa shape index (κ2) is 3.62. The van der Waals surface area contributed by atoms with Crippen molar-refractivity contribution in [3.63, 3.8) is 0 Å². The van der Waals surface area contributed by atoms with Gasteiger partial charge in [-0.2, -0.15) is 5.26 Å². The minimum absolute atomic E-state index is 0.119. The molecule has 0 N–H and O–H groups in total. The summed E-state index contributed by atoms with van der Waals surface area (Å²) in [7, 11) is 0. The van der Waals surface area contributed by atoms with E-state index in [2.05, 4.69) is 0 Å². The van der Waals surface area contributed by atoms with Gasteiger partial charge in [-0.05, 0) is 24.1 Å². The van der Waals surface area contributed by atoms with Crippen molar-refractivity contribution < 1.29 is 14.3 Å². The van der Waals surface area contributed by atoms with Crippen molar-refractivity contribution in [1.29, 1.82) is 5.26 Å². The molecule has 76 valence electrons. The van der Waals surface area contributed by atoms with E-state index in [9.17, 15) is 4.79 Å². The molecule has 2 rings (SSSR count). The second-order valence-electron chi connectivity index (χ2n) is 3.36. The van der Waals surface area contributed by atoms with Gasteiger partial charge in [-0.3, -0.25) is 4.79 Å². The normalized spacial score (nSPS) is 12.3. The number of hydrogen-bond acceptors (Lipinski definition) is 4.